The van der Waals surface area contributed by atoms with E-state index in [1.54, 1.807) is 0 Å². The van der Waals surface area contributed by atoms with Crippen molar-refractivity contribution in [3.63, 3.8) is 0 Å². The van der Waals surface area contributed by atoms with E-state index in [-0.39, 0.29) is 0 Å². The summed E-state index contributed by atoms with van der Waals surface area (Å²) in [6, 6.07) is 25.2. The lowest BCUT2D eigenvalue weighted by Gasteiger charge is -2.19. The van der Waals surface area contributed by atoms with Crippen molar-refractivity contribution in [2.75, 3.05) is 5.32 Å². The van der Waals surface area contributed by atoms with Gasteiger partial charge in [-0.2, -0.15) is 0 Å². The number of rotatable bonds is 6. The maximum Gasteiger partial charge on any atom is 0.137 e. The Bertz CT molecular complexity index is 1810. The smallest absolute Gasteiger partial charge is 0.137 e. The number of anilines is 2. The first-order valence-electron chi connectivity index (χ1n) is 13.7. The molecule has 0 saturated carbocycles. The van der Waals surface area contributed by atoms with Gasteiger partial charge >= 0.3 is 0 Å². The van der Waals surface area contributed by atoms with Crippen LogP contribution in [0.5, 0.6) is 0 Å². The minimum atomic E-state index is 0.790. The molecule has 0 bridgehead atoms. The van der Waals surface area contributed by atoms with Crippen LogP contribution in [0.3, 0.4) is 0 Å². The lowest BCUT2D eigenvalue weighted by molar-refractivity contribution is 0.618. The van der Waals surface area contributed by atoms with Crippen LogP contribution < -0.4 is 10.7 Å². The number of hydrogen-bond acceptors (Lipinski definition) is 3. The van der Waals surface area contributed by atoms with Crippen molar-refractivity contribution in [3.8, 4) is 11.3 Å². The highest BCUT2D eigenvalue weighted by Crippen LogP contribution is 2.41. The van der Waals surface area contributed by atoms with Crippen LogP contribution in [-0.4, -0.2) is 0 Å². The molecule has 0 atom stereocenters. The summed E-state index contributed by atoms with van der Waals surface area (Å²) in [6.07, 6.45) is 6.08. The molecule has 200 valence electrons. The molecule has 1 heterocycles. The molecule has 2 aliphatic rings. The molecule has 3 aromatic carbocycles. The SMILES string of the molecule is C=C/C=C(\C(C)=C/C)c1c2ccc(=Nc3c(C)cccc3C)cc-2oc2cc(Nc3c(C)cccc3C)ccc12. The van der Waals surface area contributed by atoms with Crippen LogP contribution in [-0.2, 0) is 0 Å². The highest BCUT2D eigenvalue weighted by atomic mass is 16.3. The number of aryl methyl sites for hydroxylation is 4. The third-order valence-electron chi connectivity index (χ3n) is 7.55. The summed E-state index contributed by atoms with van der Waals surface area (Å²) in [4.78, 5) is 5.01. The minimum Gasteiger partial charge on any atom is -0.456 e. The summed E-state index contributed by atoms with van der Waals surface area (Å²) >= 11 is 0. The molecule has 0 spiro atoms. The predicted molar refractivity (Wildman–Crippen MR) is 171 cm³/mol. The molecule has 1 aliphatic heterocycles. The first kappa shape index (κ1) is 27.0. The van der Waals surface area contributed by atoms with Crippen molar-refractivity contribution in [1.29, 1.82) is 0 Å². The fourth-order valence-corrected chi connectivity index (χ4v) is 5.27. The summed E-state index contributed by atoms with van der Waals surface area (Å²) in [5, 5.41) is 5.54. The number of hydrogen-bond donors (Lipinski definition) is 1. The topological polar surface area (TPSA) is 37.5 Å². The fourth-order valence-electron chi connectivity index (χ4n) is 5.27. The molecule has 3 nitrogen and oxygen atoms in total. The van der Waals surface area contributed by atoms with E-state index in [1.165, 1.54) is 16.7 Å². The standard InChI is InChI=1S/C37H36N2O/c1-8-12-30(23(3)9-2)35-31-19-17-28(38-36-24(4)13-10-14-25(36)5)21-33(31)40-34-22-29(18-20-32(34)35)39-37-26(6)15-11-16-27(37)7/h8-22,38H,1H2,2-7H3/b23-9-,30-12+,39-29?. The van der Waals surface area contributed by atoms with Gasteiger partial charge in [-0.25, -0.2) is 4.99 Å². The molecule has 0 radical (unpaired) electrons. The third kappa shape index (κ3) is 5.15. The van der Waals surface area contributed by atoms with Crippen molar-refractivity contribution in [3.05, 3.63) is 136 Å². The molecule has 3 aromatic rings. The largest absolute Gasteiger partial charge is 0.456 e. The first-order chi connectivity index (χ1) is 19.3. The van der Waals surface area contributed by atoms with Gasteiger partial charge in [0, 0.05) is 40.0 Å². The van der Waals surface area contributed by atoms with Crippen LogP contribution in [0.1, 0.15) is 41.7 Å². The minimum absolute atomic E-state index is 0.790. The molecule has 1 N–H and O–H groups in total. The normalized spacial score (nSPS) is 12.8. The maximum atomic E-state index is 6.63. The van der Waals surface area contributed by atoms with Gasteiger partial charge in [0.15, 0.2) is 0 Å². The van der Waals surface area contributed by atoms with Crippen LogP contribution in [0, 0.1) is 27.7 Å². The monoisotopic (exact) mass is 524 g/mol. The number of fused-ring (bicyclic) bond motifs is 2. The van der Waals surface area contributed by atoms with Gasteiger partial charge in [0.2, 0.25) is 0 Å². The summed E-state index contributed by atoms with van der Waals surface area (Å²) in [7, 11) is 0. The van der Waals surface area contributed by atoms with Gasteiger partial charge in [-0.3, -0.25) is 0 Å². The molecule has 0 fully saturated rings. The first-order valence-corrected chi connectivity index (χ1v) is 13.7. The van der Waals surface area contributed by atoms with Gasteiger partial charge in [-0.15, -0.1) is 0 Å². The van der Waals surface area contributed by atoms with Gasteiger partial charge < -0.3 is 9.73 Å². The summed E-state index contributed by atoms with van der Waals surface area (Å²) in [6.45, 7) is 16.7. The van der Waals surface area contributed by atoms with Crippen LogP contribution in [0.2, 0.25) is 0 Å². The van der Waals surface area contributed by atoms with E-state index in [2.05, 4.69) is 132 Å². The highest BCUT2D eigenvalue weighted by Gasteiger charge is 2.20. The maximum absolute atomic E-state index is 6.63. The molecule has 3 heteroatoms. The van der Waals surface area contributed by atoms with E-state index >= 15 is 0 Å². The Morgan fingerprint density at radius 3 is 2.17 bits per heavy atom. The third-order valence-corrected chi connectivity index (χ3v) is 7.55. The molecule has 5 rings (SSSR count). The van der Waals surface area contributed by atoms with Crippen molar-refractivity contribution in [2.24, 2.45) is 4.99 Å². The van der Waals surface area contributed by atoms with E-state index in [0.29, 0.717) is 0 Å². The number of nitrogens with zero attached hydrogens (tertiary/aromatic N) is 1. The Hall–Kier alpha value is -4.63. The fraction of sp³-hybridized carbons (Fsp3) is 0.162. The lowest BCUT2D eigenvalue weighted by Crippen LogP contribution is -2.04. The van der Waals surface area contributed by atoms with Crippen molar-refractivity contribution >= 4 is 33.6 Å². The lowest BCUT2D eigenvalue weighted by atomic mass is 9.89. The Balaban J connectivity index is 1.78. The highest BCUT2D eigenvalue weighted by molar-refractivity contribution is 6.02. The molecule has 0 unspecified atom stereocenters. The van der Waals surface area contributed by atoms with E-state index < -0.39 is 0 Å². The molecule has 40 heavy (non-hydrogen) atoms. The van der Waals surface area contributed by atoms with Crippen LogP contribution >= 0.6 is 0 Å². The number of nitrogens with one attached hydrogen (secondary N) is 1. The molecule has 1 aliphatic carbocycles. The molecular weight excluding hydrogens is 488 g/mol. The second-order valence-corrected chi connectivity index (χ2v) is 10.4. The Morgan fingerprint density at radius 1 is 0.850 bits per heavy atom. The second kappa shape index (κ2) is 11.2. The van der Waals surface area contributed by atoms with Gasteiger partial charge in [0.25, 0.3) is 0 Å². The van der Waals surface area contributed by atoms with Gasteiger partial charge in [0.1, 0.15) is 11.3 Å². The average Bonchev–Trinajstić information content (AvgIpc) is 2.94. The van der Waals surface area contributed by atoms with E-state index in [0.717, 1.165) is 67.0 Å². The predicted octanol–water partition coefficient (Wildman–Crippen LogP) is 10.3. The Kier molecular flexibility index (Phi) is 7.57. The van der Waals surface area contributed by atoms with Crippen LogP contribution in [0.15, 0.2) is 113 Å². The number of allylic oxidation sites excluding steroid dienone is 5. The van der Waals surface area contributed by atoms with Crippen LogP contribution in [0.25, 0.3) is 27.9 Å². The van der Waals surface area contributed by atoms with Crippen molar-refractivity contribution in [2.45, 2.75) is 41.5 Å². The zero-order valence-corrected chi connectivity index (χ0v) is 24.2. The van der Waals surface area contributed by atoms with Crippen molar-refractivity contribution in [1.82, 2.24) is 0 Å². The summed E-state index contributed by atoms with van der Waals surface area (Å²) in [5.74, 6) is 0.790. The second-order valence-electron chi connectivity index (χ2n) is 10.4. The number of benzene rings is 4. The Labute approximate surface area is 237 Å². The zero-order valence-electron chi connectivity index (χ0n) is 24.2. The van der Waals surface area contributed by atoms with E-state index in [4.69, 9.17) is 9.41 Å². The van der Waals surface area contributed by atoms with Crippen LogP contribution in [0.4, 0.5) is 17.1 Å². The van der Waals surface area contributed by atoms with E-state index in [9.17, 15) is 0 Å². The average molecular weight is 525 g/mol. The molecular formula is C37H36N2O. The molecule has 0 aromatic heterocycles. The van der Waals surface area contributed by atoms with Gasteiger partial charge in [-0.05, 0) is 99.2 Å². The van der Waals surface area contributed by atoms with Gasteiger partial charge in [-0.1, -0.05) is 61.2 Å². The quantitative estimate of drug-likeness (QED) is 0.177. The van der Waals surface area contributed by atoms with Gasteiger partial charge in [0.05, 0.1) is 11.0 Å². The summed E-state index contributed by atoms with van der Waals surface area (Å²) in [5.41, 5.74) is 13.1. The summed E-state index contributed by atoms with van der Waals surface area (Å²) < 4.78 is 6.63. The molecule has 0 amide bonds. The van der Waals surface area contributed by atoms with E-state index in [1.807, 2.05) is 12.1 Å². The zero-order chi connectivity index (χ0) is 28.4. The molecule has 0 saturated heterocycles. The Morgan fingerprint density at radius 2 is 1.52 bits per heavy atom. The number of para-hydroxylation sites is 2. The van der Waals surface area contributed by atoms with Crippen molar-refractivity contribution < 1.29 is 4.42 Å².